The number of hydrogen-bond donors (Lipinski definition) is 1. The van der Waals surface area contributed by atoms with E-state index in [1.807, 2.05) is 6.07 Å². The highest BCUT2D eigenvalue weighted by Crippen LogP contribution is 2.31. The number of nitrogens with zero attached hydrogens (tertiary/aromatic N) is 1. The molecule has 1 N–H and O–H groups in total. The van der Waals surface area contributed by atoms with Crippen LogP contribution in [0.4, 0.5) is 0 Å². The van der Waals surface area contributed by atoms with Gasteiger partial charge in [-0.1, -0.05) is 30.3 Å². The summed E-state index contributed by atoms with van der Waals surface area (Å²) in [6.07, 6.45) is 4.34. The fourth-order valence-corrected chi connectivity index (χ4v) is 3.83. The van der Waals surface area contributed by atoms with Crippen molar-refractivity contribution in [1.82, 2.24) is 10.2 Å². The standard InChI is InChI=1S/C18H22N2O/c1-2-5-14(6-3-1)18(17-7-4-12-21-17)19-16-9-11-20-10-8-15(16)13-20/h1-7,12,15-16,18-19H,8-11,13H2. The van der Waals surface area contributed by atoms with Crippen molar-refractivity contribution in [2.45, 2.75) is 24.9 Å². The van der Waals surface area contributed by atoms with Crippen LogP contribution in [0.2, 0.25) is 0 Å². The molecule has 0 spiro atoms. The van der Waals surface area contributed by atoms with E-state index in [1.54, 1.807) is 6.26 Å². The van der Waals surface area contributed by atoms with E-state index < -0.39 is 0 Å². The van der Waals surface area contributed by atoms with E-state index in [2.05, 4.69) is 46.6 Å². The summed E-state index contributed by atoms with van der Waals surface area (Å²) >= 11 is 0. The highest BCUT2D eigenvalue weighted by atomic mass is 16.3. The van der Waals surface area contributed by atoms with Gasteiger partial charge in [-0.25, -0.2) is 0 Å². The molecule has 110 valence electrons. The molecule has 0 amide bonds. The Balaban J connectivity index is 1.58. The molecule has 3 nitrogen and oxygen atoms in total. The van der Waals surface area contributed by atoms with E-state index in [9.17, 15) is 0 Å². The lowest BCUT2D eigenvalue weighted by Gasteiger charge is -2.33. The largest absolute Gasteiger partial charge is 0.467 e. The molecule has 4 rings (SSSR count). The van der Waals surface area contributed by atoms with E-state index in [0.29, 0.717) is 6.04 Å². The molecule has 21 heavy (non-hydrogen) atoms. The van der Waals surface area contributed by atoms with Crippen LogP contribution < -0.4 is 5.32 Å². The molecule has 3 heteroatoms. The second-order valence-corrected chi connectivity index (χ2v) is 6.27. The first-order chi connectivity index (χ1) is 10.4. The minimum absolute atomic E-state index is 0.165. The maximum Gasteiger partial charge on any atom is 0.125 e. The second kappa shape index (κ2) is 5.66. The van der Waals surface area contributed by atoms with Crippen LogP contribution in [0.5, 0.6) is 0 Å². The van der Waals surface area contributed by atoms with Gasteiger partial charge in [-0.15, -0.1) is 0 Å². The Morgan fingerprint density at radius 3 is 2.71 bits per heavy atom. The van der Waals surface area contributed by atoms with Crippen molar-refractivity contribution in [3.8, 4) is 0 Å². The summed E-state index contributed by atoms with van der Waals surface area (Å²) in [6, 6.07) is 15.5. The minimum Gasteiger partial charge on any atom is -0.467 e. The molecule has 2 saturated heterocycles. The average Bonchev–Trinajstić information content (AvgIpc) is 3.18. The molecular formula is C18H22N2O. The molecule has 1 aromatic carbocycles. The van der Waals surface area contributed by atoms with Crippen molar-refractivity contribution >= 4 is 0 Å². The molecule has 4 unspecified atom stereocenters. The Kier molecular flexibility index (Phi) is 3.53. The van der Waals surface area contributed by atoms with Crippen molar-refractivity contribution in [2.75, 3.05) is 19.6 Å². The van der Waals surface area contributed by atoms with Gasteiger partial charge in [0.15, 0.2) is 0 Å². The zero-order valence-electron chi connectivity index (χ0n) is 12.2. The lowest BCUT2D eigenvalue weighted by molar-refractivity contribution is 0.210. The highest BCUT2D eigenvalue weighted by molar-refractivity contribution is 5.26. The number of fused-ring (bicyclic) bond motifs is 2. The molecule has 0 radical (unpaired) electrons. The molecule has 4 atom stereocenters. The zero-order valence-corrected chi connectivity index (χ0v) is 12.2. The number of rotatable bonds is 4. The predicted octanol–water partition coefficient (Wildman–Crippen LogP) is 3.05. The van der Waals surface area contributed by atoms with Gasteiger partial charge in [-0.2, -0.15) is 0 Å². The molecule has 1 aromatic heterocycles. The smallest absolute Gasteiger partial charge is 0.125 e. The number of piperidine rings is 1. The van der Waals surface area contributed by atoms with Crippen molar-refractivity contribution in [3.05, 3.63) is 60.1 Å². The molecular weight excluding hydrogens is 260 g/mol. The molecule has 2 aliphatic heterocycles. The number of furan rings is 1. The first-order valence-electron chi connectivity index (χ1n) is 7.97. The monoisotopic (exact) mass is 282 g/mol. The van der Waals surface area contributed by atoms with Gasteiger partial charge in [0.1, 0.15) is 5.76 Å². The fraction of sp³-hybridized carbons (Fsp3) is 0.444. The lowest BCUT2D eigenvalue weighted by Crippen LogP contribution is -2.45. The Bertz CT molecular complexity index is 566. The molecule has 2 aromatic rings. The van der Waals surface area contributed by atoms with E-state index >= 15 is 0 Å². The normalized spacial score (nSPS) is 29.4. The Labute approximate surface area is 126 Å². The lowest BCUT2D eigenvalue weighted by atomic mass is 9.92. The van der Waals surface area contributed by atoms with E-state index in [4.69, 9.17) is 4.42 Å². The summed E-state index contributed by atoms with van der Waals surface area (Å²) < 4.78 is 5.70. The van der Waals surface area contributed by atoms with Gasteiger partial charge in [-0.3, -0.25) is 0 Å². The van der Waals surface area contributed by atoms with Crippen molar-refractivity contribution in [1.29, 1.82) is 0 Å². The Hall–Kier alpha value is -1.58. The summed E-state index contributed by atoms with van der Waals surface area (Å²) in [7, 11) is 0. The molecule has 2 fully saturated rings. The van der Waals surface area contributed by atoms with Gasteiger partial charge < -0.3 is 14.6 Å². The molecule has 2 bridgehead atoms. The van der Waals surface area contributed by atoms with Crippen molar-refractivity contribution < 1.29 is 4.42 Å². The molecule has 3 heterocycles. The van der Waals surface area contributed by atoms with Gasteiger partial charge in [0.25, 0.3) is 0 Å². The average molecular weight is 282 g/mol. The topological polar surface area (TPSA) is 28.4 Å². The number of hydrogen-bond acceptors (Lipinski definition) is 3. The van der Waals surface area contributed by atoms with Gasteiger partial charge in [0.05, 0.1) is 12.3 Å². The summed E-state index contributed by atoms with van der Waals surface area (Å²) in [4.78, 5) is 2.59. The zero-order chi connectivity index (χ0) is 14.1. The van der Waals surface area contributed by atoms with Crippen molar-refractivity contribution in [2.24, 2.45) is 5.92 Å². The third kappa shape index (κ3) is 2.63. The highest BCUT2D eigenvalue weighted by Gasteiger charge is 2.35. The summed E-state index contributed by atoms with van der Waals surface area (Å²) in [6.45, 7) is 3.77. The number of benzene rings is 1. The minimum atomic E-state index is 0.165. The van der Waals surface area contributed by atoms with Crippen LogP contribution in [0.25, 0.3) is 0 Å². The fourth-order valence-electron chi connectivity index (χ4n) is 3.83. The third-order valence-electron chi connectivity index (χ3n) is 4.98. The maximum atomic E-state index is 5.70. The van der Waals surface area contributed by atoms with Crippen LogP contribution in [0.1, 0.15) is 30.2 Å². The quantitative estimate of drug-likeness (QED) is 0.934. The maximum absolute atomic E-state index is 5.70. The van der Waals surface area contributed by atoms with Crippen LogP contribution in [0, 0.1) is 5.92 Å². The van der Waals surface area contributed by atoms with Crippen LogP contribution in [-0.2, 0) is 0 Å². The van der Waals surface area contributed by atoms with Gasteiger partial charge in [-0.05, 0) is 49.5 Å². The molecule has 0 aliphatic carbocycles. The first kappa shape index (κ1) is 13.1. The van der Waals surface area contributed by atoms with Crippen molar-refractivity contribution in [3.63, 3.8) is 0 Å². The Morgan fingerprint density at radius 1 is 1.05 bits per heavy atom. The summed E-state index contributed by atoms with van der Waals surface area (Å²) in [5.74, 6) is 1.81. The van der Waals surface area contributed by atoms with Gasteiger partial charge in [0, 0.05) is 12.6 Å². The van der Waals surface area contributed by atoms with E-state index in [1.165, 1.54) is 38.0 Å². The second-order valence-electron chi connectivity index (χ2n) is 6.27. The van der Waals surface area contributed by atoms with Crippen LogP contribution >= 0.6 is 0 Å². The Morgan fingerprint density at radius 2 is 1.90 bits per heavy atom. The van der Waals surface area contributed by atoms with E-state index in [-0.39, 0.29) is 6.04 Å². The SMILES string of the molecule is c1ccc(C(NC2CCN3CCC2C3)c2ccco2)cc1. The van der Waals surface area contributed by atoms with Gasteiger partial charge >= 0.3 is 0 Å². The van der Waals surface area contributed by atoms with Crippen LogP contribution in [-0.4, -0.2) is 30.6 Å². The molecule has 0 saturated carbocycles. The summed E-state index contributed by atoms with van der Waals surface area (Å²) in [5.41, 5.74) is 1.29. The summed E-state index contributed by atoms with van der Waals surface area (Å²) in [5, 5.41) is 3.88. The first-order valence-corrected chi connectivity index (χ1v) is 7.97. The predicted molar refractivity (Wildman–Crippen MR) is 83.1 cm³/mol. The number of nitrogens with one attached hydrogen (secondary N) is 1. The van der Waals surface area contributed by atoms with Crippen LogP contribution in [0.15, 0.2) is 53.1 Å². The van der Waals surface area contributed by atoms with Crippen LogP contribution in [0.3, 0.4) is 0 Å². The molecule has 2 aliphatic rings. The van der Waals surface area contributed by atoms with Gasteiger partial charge in [0.2, 0.25) is 0 Å². The van der Waals surface area contributed by atoms with E-state index in [0.717, 1.165) is 11.7 Å². The third-order valence-corrected chi connectivity index (χ3v) is 4.98.